The fourth-order valence-corrected chi connectivity index (χ4v) is 3.43. The normalized spacial score (nSPS) is 24.4. The number of aryl methyl sites for hydroxylation is 1. The van der Waals surface area contributed by atoms with E-state index in [2.05, 4.69) is 44.3 Å². The van der Waals surface area contributed by atoms with E-state index in [1.807, 2.05) is 0 Å². The molecule has 1 aliphatic carbocycles. The van der Waals surface area contributed by atoms with Crippen molar-refractivity contribution in [2.75, 3.05) is 13.7 Å². The van der Waals surface area contributed by atoms with Gasteiger partial charge in [-0.1, -0.05) is 38.8 Å². The topological polar surface area (TPSA) is 21.3 Å². The number of methoxy groups -OCH3 is 1. The summed E-state index contributed by atoms with van der Waals surface area (Å²) in [6, 6.07) is 7.15. The predicted octanol–water partition coefficient (Wildman–Crippen LogP) is 4.48. The molecule has 1 unspecified atom stereocenters. The van der Waals surface area contributed by atoms with E-state index in [0.717, 1.165) is 24.1 Å². The largest absolute Gasteiger partial charge is 0.496 e. The zero-order valence-corrected chi connectivity index (χ0v) is 13.4. The molecule has 0 bridgehead atoms. The maximum atomic E-state index is 5.49. The van der Waals surface area contributed by atoms with Gasteiger partial charge in [-0.15, -0.1) is 0 Å². The van der Waals surface area contributed by atoms with Crippen LogP contribution < -0.4 is 10.1 Å². The molecule has 0 saturated heterocycles. The van der Waals surface area contributed by atoms with Gasteiger partial charge in [-0.25, -0.2) is 0 Å². The SMILES string of the molecule is CCNC(c1ccc(C)c(OC)c1)C1CCC(C)CC1. The maximum Gasteiger partial charge on any atom is 0.122 e. The van der Waals surface area contributed by atoms with Crippen molar-refractivity contribution in [2.45, 2.75) is 52.5 Å². The summed E-state index contributed by atoms with van der Waals surface area (Å²) in [4.78, 5) is 0. The van der Waals surface area contributed by atoms with Gasteiger partial charge in [0.15, 0.2) is 0 Å². The second-order valence-electron chi connectivity index (χ2n) is 6.28. The van der Waals surface area contributed by atoms with E-state index in [9.17, 15) is 0 Å². The lowest BCUT2D eigenvalue weighted by molar-refractivity contribution is 0.233. The third-order valence-electron chi connectivity index (χ3n) is 4.75. The van der Waals surface area contributed by atoms with Crippen molar-refractivity contribution in [1.29, 1.82) is 0 Å². The highest BCUT2D eigenvalue weighted by Gasteiger charge is 2.27. The Morgan fingerprint density at radius 1 is 1.25 bits per heavy atom. The van der Waals surface area contributed by atoms with E-state index in [0.29, 0.717) is 6.04 Å². The van der Waals surface area contributed by atoms with Crippen molar-refractivity contribution in [3.05, 3.63) is 29.3 Å². The van der Waals surface area contributed by atoms with Crippen LogP contribution in [0.5, 0.6) is 5.75 Å². The summed E-state index contributed by atoms with van der Waals surface area (Å²) in [6.45, 7) is 7.71. The van der Waals surface area contributed by atoms with E-state index in [-0.39, 0.29) is 0 Å². The Morgan fingerprint density at radius 2 is 1.95 bits per heavy atom. The summed E-state index contributed by atoms with van der Waals surface area (Å²) in [6.07, 6.45) is 5.43. The minimum absolute atomic E-state index is 0.474. The maximum absolute atomic E-state index is 5.49. The van der Waals surface area contributed by atoms with Gasteiger partial charge in [-0.05, 0) is 55.3 Å². The van der Waals surface area contributed by atoms with Crippen molar-refractivity contribution >= 4 is 0 Å². The van der Waals surface area contributed by atoms with Crippen LogP contribution in [0, 0.1) is 18.8 Å². The third-order valence-corrected chi connectivity index (χ3v) is 4.75. The zero-order chi connectivity index (χ0) is 14.5. The lowest BCUT2D eigenvalue weighted by Crippen LogP contribution is -2.30. The van der Waals surface area contributed by atoms with Crippen LogP contribution in [0.3, 0.4) is 0 Å². The van der Waals surface area contributed by atoms with Gasteiger partial charge in [0.2, 0.25) is 0 Å². The van der Waals surface area contributed by atoms with Crippen LogP contribution >= 0.6 is 0 Å². The van der Waals surface area contributed by atoms with Crippen LogP contribution in [-0.2, 0) is 0 Å². The monoisotopic (exact) mass is 275 g/mol. The summed E-state index contributed by atoms with van der Waals surface area (Å²) in [5.74, 6) is 2.68. The van der Waals surface area contributed by atoms with Crippen LogP contribution in [0.1, 0.15) is 56.7 Å². The molecule has 2 nitrogen and oxygen atoms in total. The van der Waals surface area contributed by atoms with E-state index < -0.39 is 0 Å². The molecule has 1 aromatic rings. The standard InChI is InChI=1S/C18H29NO/c1-5-19-18(15-9-6-13(2)7-10-15)16-11-8-14(3)17(12-16)20-4/h8,11-13,15,18-19H,5-7,9-10H2,1-4H3. The molecular formula is C18H29NO. The number of hydrogen-bond donors (Lipinski definition) is 1. The first kappa shape index (κ1) is 15.4. The highest BCUT2D eigenvalue weighted by Crippen LogP contribution is 2.37. The van der Waals surface area contributed by atoms with Crippen LogP contribution in [0.2, 0.25) is 0 Å². The van der Waals surface area contributed by atoms with Crippen LogP contribution in [-0.4, -0.2) is 13.7 Å². The molecule has 1 aliphatic rings. The van der Waals surface area contributed by atoms with Crippen molar-refractivity contribution in [3.8, 4) is 5.75 Å². The van der Waals surface area contributed by atoms with Gasteiger partial charge in [0.1, 0.15) is 5.75 Å². The van der Waals surface area contributed by atoms with Gasteiger partial charge >= 0.3 is 0 Å². The van der Waals surface area contributed by atoms with Gasteiger partial charge in [0, 0.05) is 6.04 Å². The van der Waals surface area contributed by atoms with E-state index >= 15 is 0 Å². The molecule has 1 saturated carbocycles. The molecule has 112 valence electrons. The first-order chi connectivity index (χ1) is 9.65. The Kier molecular flexibility index (Phi) is 5.47. The summed E-state index contributed by atoms with van der Waals surface area (Å²) in [5, 5.41) is 3.70. The second-order valence-corrected chi connectivity index (χ2v) is 6.28. The van der Waals surface area contributed by atoms with Gasteiger partial charge in [0.25, 0.3) is 0 Å². The van der Waals surface area contributed by atoms with Crippen LogP contribution in [0.4, 0.5) is 0 Å². The van der Waals surface area contributed by atoms with Gasteiger partial charge < -0.3 is 10.1 Å². The molecule has 0 spiro atoms. The summed E-state index contributed by atoms with van der Waals surface area (Å²) in [5.41, 5.74) is 2.60. The minimum Gasteiger partial charge on any atom is -0.496 e. The third kappa shape index (κ3) is 3.54. The Balaban J connectivity index is 2.19. The highest BCUT2D eigenvalue weighted by atomic mass is 16.5. The quantitative estimate of drug-likeness (QED) is 0.855. The lowest BCUT2D eigenvalue weighted by atomic mass is 9.77. The first-order valence-electron chi connectivity index (χ1n) is 8.03. The molecular weight excluding hydrogens is 246 g/mol. The van der Waals surface area contributed by atoms with Gasteiger partial charge in [-0.3, -0.25) is 0 Å². The number of hydrogen-bond acceptors (Lipinski definition) is 2. The summed E-state index contributed by atoms with van der Waals surface area (Å²) in [7, 11) is 1.76. The summed E-state index contributed by atoms with van der Waals surface area (Å²) >= 11 is 0. The minimum atomic E-state index is 0.474. The van der Waals surface area contributed by atoms with E-state index in [1.54, 1.807) is 7.11 Å². The van der Waals surface area contributed by atoms with Crippen molar-refractivity contribution in [3.63, 3.8) is 0 Å². The molecule has 0 heterocycles. The first-order valence-corrected chi connectivity index (χ1v) is 8.03. The number of benzene rings is 1. The zero-order valence-electron chi connectivity index (χ0n) is 13.4. The Morgan fingerprint density at radius 3 is 2.55 bits per heavy atom. The molecule has 0 radical (unpaired) electrons. The average Bonchev–Trinajstić information content (AvgIpc) is 2.47. The molecule has 0 aliphatic heterocycles. The molecule has 20 heavy (non-hydrogen) atoms. The Labute approximate surface area is 123 Å². The molecule has 0 aromatic heterocycles. The van der Waals surface area contributed by atoms with Crippen molar-refractivity contribution in [2.24, 2.45) is 11.8 Å². The molecule has 1 fully saturated rings. The van der Waals surface area contributed by atoms with Crippen LogP contribution in [0.25, 0.3) is 0 Å². The lowest BCUT2D eigenvalue weighted by Gasteiger charge is -2.33. The van der Waals surface area contributed by atoms with Crippen LogP contribution in [0.15, 0.2) is 18.2 Å². The molecule has 0 amide bonds. The Bertz CT molecular complexity index is 421. The molecule has 2 rings (SSSR count). The number of nitrogens with one attached hydrogen (secondary N) is 1. The van der Waals surface area contributed by atoms with Crippen molar-refractivity contribution < 1.29 is 4.74 Å². The predicted molar refractivity (Wildman–Crippen MR) is 85.3 cm³/mol. The molecule has 2 heteroatoms. The summed E-state index contributed by atoms with van der Waals surface area (Å²) < 4.78 is 5.49. The molecule has 1 atom stereocenters. The Hall–Kier alpha value is -1.02. The fraction of sp³-hybridized carbons (Fsp3) is 0.667. The van der Waals surface area contributed by atoms with E-state index in [1.165, 1.54) is 36.8 Å². The second kappa shape index (κ2) is 7.12. The van der Waals surface area contributed by atoms with Gasteiger partial charge in [-0.2, -0.15) is 0 Å². The molecule has 1 aromatic carbocycles. The van der Waals surface area contributed by atoms with E-state index in [4.69, 9.17) is 4.74 Å². The number of rotatable bonds is 5. The fourth-order valence-electron chi connectivity index (χ4n) is 3.43. The highest BCUT2D eigenvalue weighted by molar-refractivity contribution is 5.38. The number of ether oxygens (including phenoxy) is 1. The molecule has 1 N–H and O–H groups in total. The van der Waals surface area contributed by atoms with Gasteiger partial charge in [0.05, 0.1) is 7.11 Å². The smallest absolute Gasteiger partial charge is 0.122 e. The van der Waals surface area contributed by atoms with Crippen molar-refractivity contribution in [1.82, 2.24) is 5.32 Å². The average molecular weight is 275 g/mol.